The van der Waals surface area contributed by atoms with Crippen molar-refractivity contribution in [3.05, 3.63) is 29.0 Å². The Bertz CT molecular complexity index is 905. The quantitative estimate of drug-likeness (QED) is 0.793. The number of fused-ring (bicyclic) bond motifs is 1. The molecule has 2 heterocycles. The fraction of sp³-hybridized carbons (Fsp3) is 0.400. The second-order valence-corrected chi connectivity index (χ2v) is 9.72. The molecule has 2 aliphatic heterocycles. The summed E-state index contributed by atoms with van der Waals surface area (Å²) in [6, 6.07) is 3.55. The van der Waals surface area contributed by atoms with E-state index in [1.54, 1.807) is 0 Å². The molecule has 1 aromatic carbocycles. The zero-order valence-corrected chi connectivity index (χ0v) is 15.7. The molecule has 0 aromatic heterocycles. The number of carboxylic acid groups (broad SMARTS) is 1. The van der Waals surface area contributed by atoms with E-state index in [1.807, 2.05) is 0 Å². The first-order chi connectivity index (χ1) is 12.2. The lowest BCUT2D eigenvalue weighted by molar-refractivity contribution is -0.138. The van der Waals surface area contributed by atoms with E-state index in [1.165, 1.54) is 17.0 Å². The number of aliphatic imine (C=N–C) groups is 1. The highest BCUT2D eigenvalue weighted by atomic mass is 35.5. The summed E-state index contributed by atoms with van der Waals surface area (Å²) in [6.45, 7) is 0. The molecule has 0 spiro atoms. The van der Waals surface area contributed by atoms with Gasteiger partial charge in [0.15, 0.2) is 15.0 Å². The Kier molecular flexibility index (Phi) is 5.27. The average Bonchev–Trinajstić information content (AvgIpc) is 2.99. The van der Waals surface area contributed by atoms with Crippen LogP contribution in [0.3, 0.4) is 0 Å². The van der Waals surface area contributed by atoms with Gasteiger partial charge in [0.2, 0.25) is 5.91 Å². The Balaban J connectivity index is 1.94. The maximum atomic E-state index is 13.9. The van der Waals surface area contributed by atoms with E-state index in [9.17, 15) is 22.4 Å². The maximum Gasteiger partial charge on any atom is 0.303 e. The zero-order chi connectivity index (χ0) is 19.1. The van der Waals surface area contributed by atoms with Crippen LogP contribution in [0.1, 0.15) is 12.8 Å². The number of carboxylic acids is 1. The van der Waals surface area contributed by atoms with Crippen LogP contribution in [-0.2, 0) is 19.4 Å². The van der Waals surface area contributed by atoms with Crippen LogP contribution >= 0.6 is 23.4 Å². The average molecular weight is 421 g/mol. The predicted molar refractivity (Wildman–Crippen MR) is 97.0 cm³/mol. The molecular formula is C15H14ClFN2O5S2. The highest BCUT2D eigenvalue weighted by Gasteiger charge is 2.49. The van der Waals surface area contributed by atoms with Crippen LogP contribution < -0.4 is 4.90 Å². The summed E-state index contributed by atoms with van der Waals surface area (Å²) in [4.78, 5) is 28.0. The third-order valence-corrected chi connectivity index (χ3v) is 7.54. The molecule has 2 atom stereocenters. The Morgan fingerprint density at radius 1 is 1.35 bits per heavy atom. The number of aliphatic carboxylic acids is 1. The molecule has 0 unspecified atom stereocenters. The molecule has 7 nitrogen and oxygen atoms in total. The molecule has 2 aliphatic rings. The van der Waals surface area contributed by atoms with Crippen LogP contribution in [0.15, 0.2) is 23.2 Å². The fourth-order valence-corrected chi connectivity index (χ4v) is 6.93. The summed E-state index contributed by atoms with van der Waals surface area (Å²) >= 11 is 6.83. The second kappa shape index (κ2) is 7.16. The first kappa shape index (κ1) is 19.1. The van der Waals surface area contributed by atoms with E-state index in [4.69, 9.17) is 16.7 Å². The molecule has 0 bridgehead atoms. The van der Waals surface area contributed by atoms with Crippen molar-refractivity contribution >= 4 is 55.9 Å². The van der Waals surface area contributed by atoms with Crippen LogP contribution in [0.5, 0.6) is 0 Å². The molecule has 26 heavy (non-hydrogen) atoms. The molecule has 2 saturated heterocycles. The molecule has 0 aliphatic carbocycles. The van der Waals surface area contributed by atoms with E-state index in [0.29, 0.717) is 5.69 Å². The number of carbonyl (C=O) groups excluding carboxylic acids is 1. The number of amidine groups is 1. The number of nitrogens with zero attached hydrogens (tertiary/aromatic N) is 2. The monoisotopic (exact) mass is 420 g/mol. The van der Waals surface area contributed by atoms with Crippen molar-refractivity contribution in [2.24, 2.45) is 4.99 Å². The van der Waals surface area contributed by atoms with Crippen molar-refractivity contribution in [1.29, 1.82) is 0 Å². The van der Waals surface area contributed by atoms with E-state index in [2.05, 4.69) is 4.99 Å². The van der Waals surface area contributed by atoms with Gasteiger partial charge in [-0.1, -0.05) is 23.4 Å². The van der Waals surface area contributed by atoms with Crippen LogP contribution in [0.2, 0.25) is 5.02 Å². The van der Waals surface area contributed by atoms with E-state index in [0.717, 1.165) is 17.8 Å². The number of anilines is 1. The van der Waals surface area contributed by atoms with Gasteiger partial charge < -0.3 is 10.0 Å². The van der Waals surface area contributed by atoms with E-state index < -0.39 is 33.6 Å². The van der Waals surface area contributed by atoms with Gasteiger partial charge in [-0.25, -0.2) is 12.8 Å². The Labute approximate surface area is 158 Å². The highest BCUT2D eigenvalue weighted by molar-refractivity contribution is 8.16. The topological polar surface area (TPSA) is 104 Å². The second-order valence-electron chi connectivity index (χ2n) is 5.95. The summed E-state index contributed by atoms with van der Waals surface area (Å²) in [7, 11) is -3.24. The van der Waals surface area contributed by atoms with Crippen LogP contribution in [0.4, 0.5) is 10.1 Å². The lowest BCUT2D eigenvalue weighted by Crippen LogP contribution is -2.37. The number of sulfone groups is 1. The van der Waals surface area contributed by atoms with Gasteiger partial charge in [-0.3, -0.25) is 9.59 Å². The molecule has 0 radical (unpaired) electrons. The van der Waals surface area contributed by atoms with Crippen LogP contribution in [0, 0.1) is 5.82 Å². The number of rotatable bonds is 4. The number of benzene rings is 1. The van der Waals surface area contributed by atoms with Crippen molar-refractivity contribution < 1.29 is 27.5 Å². The number of halogens is 2. The van der Waals surface area contributed by atoms with Crippen molar-refractivity contribution in [2.45, 2.75) is 24.1 Å². The number of thioether (sulfide) groups is 1. The third kappa shape index (κ3) is 4.02. The smallest absolute Gasteiger partial charge is 0.303 e. The van der Waals surface area contributed by atoms with Gasteiger partial charge in [-0.15, -0.1) is 0 Å². The van der Waals surface area contributed by atoms with Gasteiger partial charge >= 0.3 is 5.97 Å². The normalized spacial score (nSPS) is 25.5. The van der Waals surface area contributed by atoms with Crippen molar-refractivity contribution in [2.75, 3.05) is 16.4 Å². The molecule has 140 valence electrons. The largest absolute Gasteiger partial charge is 0.481 e. The predicted octanol–water partition coefficient (Wildman–Crippen LogP) is 1.95. The van der Waals surface area contributed by atoms with Crippen LogP contribution in [0.25, 0.3) is 0 Å². The molecule has 1 aromatic rings. The summed E-state index contributed by atoms with van der Waals surface area (Å²) in [6.07, 6.45) is -0.618. The van der Waals surface area contributed by atoms with Crippen molar-refractivity contribution in [3.8, 4) is 0 Å². The van der Waals surface area contributed by atoms with Gasteiger partial charge in [0, 0.05) is 17.4 Å². The number of carbonyl (C=O) groups is 2. The molecule has 1 amide bonds. The fourth-order valence-electron chi connectivity index (χ4n) is 2.88. The van der Waals surface area contributed by atoms with Gasteiger partial charge in [0.05, 0.1) is 29.0 Å². The molecule has 2 fully saturated rings. The van der Waals surface area contributed by atoms with Crippen molar-refractivity contribution in [3.63, 3.8) is 0 Å². The number of amides is 1. The van der Waals surface area contributed by atoms with Gasteiger partial charge in [-0.2, -0.15) is 4.99 Å². The number of hydrogen-bond acceptors (Lipinski definition) is 5. The lowest BCUT2D eigenvalue weighted by atomic mass is 10.2. The molecule has 1 N–H and O–H groups in total. The summed E-state index contributed by atoms with van der Waals surface area (Å²) in [5, 5.41) is 8.50. The number of hydrogen-bond donors (Lipinski definition) is 1. The SMILES string of the molecule is O=C(O)CCC(=O)N=C1S[C@@H]2CS(=O)(=O)C[C@@H]2N1c1ccc(Cl)c(F)c1. The minimum absolute atomic E-state index is 0.0583. The maximum absolute atomic E-state index is 13.9. The Morgan fingerprint density at radius 2 is 2.08 bits per heavy atom. The lowest BCUT2D eigenvalue weighted by Gasteiger charge is -2.24. The molecule has 0 saturated carbocycles. The Morgan fingerprint density at radius 3 is 2.73 bits per heavy atom. The minimum Gasteiger partial charge on any atom is -0.481 e. The molecule has 11 heteroatoms. The standard InChI is InChI=1S/C15H14ClFN2O5S2/c16-9-2-1-8(5-10(9)17)19-11-6-26(23,24)7-12(11)25-15(19)18-13(20)3-4-14(21)22/h1-2,5,11-12H,3-4,6-7H2,(H,21,22)/t11-,12+/m0/s1. The van der Waals surface area contributed by atoms with Gasteiger partial charge in [0.25, 0.3) is 0 Å². The molecule has 3 rings (SSSR count). The Hall–Kier alpha value is -1.65. The zero-order valence-electron chi connectivity index (χ0n) is 13.3. The first-order valence-electron chi connectivity index (χ1n) is 7.61. The van der Waals surface area contributed by atoms with E-state index in [-0.39, 0.29) is 39.8 Å². The first-order valence-corrected chi connectivity index (χ1v) is 10.7. The minimum atomic E-state index is -3.24. The molecular weight excluding hydrogens is 407 g/mol. The van der Waals surface area contributed by atoms with Gasteiger partial charge in [-0.05, 0) is 18.2 Å². The highest BCUT2D eigenvalue weighted by Crippen LogP contribution is 2.41. The van der Waals surface area contributed by atoms with Crippen LogP contribution in [-0.4, -0.2) is 53.4 Å². The van der Waals surface area contributed by atoms with Gasteiger partial charge in [0.1, 0.15) is 5.82 Å². The summed E-state index contributed by atoms with van der Waals surface area (Å²) in [5.74, 6) is -2.60. The summed E-state index contributed by atoms with van der Waals surface area (Å²) < 4.78 is 37.8. The van der Waals surface area contributed by atoms with Crippen molar-refractivity contribution in [1.82, 2.24) is 0 Å². The van der Waals surface area contributed by atoms with E-state index >= 15 is 0 Å². The summed E-state index contributed by atoms with van der Waals surface area (Å²) in [5.41, 5.74) is 0.341. The third-order valence-electron chi connectivity index (χ3n) is 4.02.